The molecule has 0 aliphatic rings. The van der Waals surface area contributed by atoms with Crippen LogP contribution in [0.3, 0.4) is 0 Å². The molecule has 0 N–H and O–H groups in total. The molecule has 4 nitrogen and oxygen atoms in total. The van der Waals surface area contributed by atoms with Gasteiger partial charge in [0.25, 0.3) is 0 Å². The Kier molecular flexibility index (Phi) is 5.18. The summed E-state index contributed by atoms with van der Waals surface area (Å²) in [4.78, 5) is 4.84. The van der Waals surface area contributed by atoms with Gasteiger partial charge >= 0.3 is 0 Å². The van der Waals surface area contributed by atoms with Gasteiger partial charge in [-0.1, -0.05) is 39.2 Å². The van der Waals surface area contributed by atoms with Crippen molar-refractivity contribution in [1.82, 2.24) is 4.90 Å². The first kappa shape index (κ1) is 12.0. The maximum absolute atomic E-state index is 8.15. The highest BCUT2D eigenvalue weighted by Crippen LogP contribution is 2.16. The maximum atomic E-state index is 8.15. The van der Waals surface area contributed by atoms with Crippen molar-refractivity contribution in [3.63, 3.8) is 0 Å². The van der Waals surface area contributed by atoms with Crippen molar-refractivity contribution in [2.75, 3.05) is 20.1 Å². The third-order valence-corrected chi connectivity index (χ3v) is 2.82. The zero-order valence-corrected chi connectivity index (χ0v) is 10.2. The van der Waals surface area contributed by atoms with Gasteiger partial charge in [0, 0.05) is 29.0 Å². The van der Waals surface area contributed by atoms with Crippen LogP contribution < -0.4 is 0 Å². The average molecular weight is 269 g/mol. The lowest BCUT2D eigenvalue weighted by Gasteiger charge is -2.16. The molecule has 0 unspecified atom stereocenters. The van der Waals surface area contributed by atoms with E-state index in [0.29, 0.717) is 6.54 Å². The van der Waals surface area contributed by atoms with Gasteiger partial charge in [-0.2, -0.15) is 0 Å². The van der Waals surface area contributed by atoms with Crippen LogP contribution in [0.25, 0.3) is 10.4 Å². The second-order valence-corrected chi connectivity index (χ2v) is 4.14. The molecule has 0 amide bonds. The summed E-state index contributed by atoms with van der Waals surface area (Å²) in [6.07, 6.45) is 0. The summed E-state index contributed by atoms with van der Waals surface area (Å²) in [6, 6.07) is 8.11. The predicted octanol–water partition coefficient (Wildman–Crippen LogP) is 3.19. The number of rotatable bonds is 5. The van der Waals surface area contributed by atoms with E-state index in [4.69, 9.17) is 5.53 Å². The Morgan fingerprint density at radius 2 is 2.20 bits per heavy atom. The molecule has 5 heteroatoms. The lowest BCUT2D eigenvalue weighted by atomic mass is 10.2. The highest BCUT2D eigenvalue weighted by Gasteiger charge is 2.02. The molecular weight excluding hydrogens is 256 g/mol. The number of likely N-dealkylation sites (N-methyl/N-ethyl adjacent to an activating group) is 1. The molecule has 0 heterocycles. The minimum Gasteiger partial charge on any atom is -0.302 e. The summed E-state index contributed by atoms with van der Waals surface area (Å²) in [5.74, 6) is 0. The van der Waals surface area contributed by atoms with E-state index in [2.05, 4.69) is 36.9 Å². The molecular formula is C10H13BrN4. The third kappa shape index (κ3) is 4.34. The molecule has 0 aliphatic heterocycles. The molecule has 0 atom stereocenters. The quantitative estimate of drug-likeness (QED) is 0.460. The van der Waals surface area contributed by atoms with Gasteiger partial charge in [0.15, 0.2) is 0 Å². The SMILES string of the molecule is CN(CCN=[N+]=[N-])Cc1ccccc1Br. The third-order valence-electron chi connectivity index (χ3n) is 2.04. The summed E-state index contributed by atoms with van der Waals surface area (Å²) in [7, 11) is 2.01. The number of hydrogen-bond acceptors (Lipinski definition) is 2. The minimum atomic E-state index is 0.511. The average Bonchev–Trinajstić information content (AvgIpc) is 2.22. The summed E-state index contributed by atoms with van der Waals surface area (Å²) in [5, 5.41) is 3.50. The zero-order chi connectivity index (χ0) is 11.1. The summed E-state index contributed by atoms with van der Waals surface area (Å²) in [5.41, 5.74) is 9.38. The Labute approximate surface area is 97.7 Å². The largest absolute Gasteiger partial charge is 0.302 e. The van der Waals surface area contributed by atoms with Gasteiger partial charge in [-0.05, 0) is 24.2 Å². The van der Waals surface area contributed by atoms with Crippen LogP contribution in [0.15, 0.2) is 33.9 Å². The van der Waals surface area contributed by atoms with E-state index in [-0.39, 0.29) is 0 Å². The van der Waals surface area contributed by atoms with Gasteiger partial charge in [0.05, 0.1) is 0 Å². The maximum Gasteiger partial charge on any atom is 0.0385 e. The van der Waals surface area contributed by atoms with Crippen molar-refractivity contribution >= 4 is 15.9 Å². The number of nitrogens with zero attached hydrogens (tertiary/aromatic N) is 4. The second-order valence-electron chi connectivity index (χ2n) is 3.28. The van der Waals surface area contributed by atoms with E-state index in [1.807, 2.05) is 25.2 Å². The van der Waals surface area contributed by atoms with Crippen LogP contribution >= 0.6 is 15.9 Å². The fraction of sp³-hybridized carbons (Fsp3) is 0.400. The van der Waals surface area contributed by atoms with E-state index in [1.54, 1.807) is 0 Å². The Hall–Kier alpha value is -1.03. The lowest BCUT2D eigenvalue weighted by Crippen LogP contribution is -2.21. The highest BCUT2D eigenvalue weighted by molar-refractivity contribution is 9.10. The zero-order valence-electron chi connectivity index (χ0n) is 8.60. The van der Waals surface area contributed by atoms with Gasteiger partial charge in [-0.3, -0.25) is 0 Å². The Morgan fingerprint density at radius 1 is 1.47 bits per heavy atom. The molecule has 0 radical (unpaired) electrons. The van der Waals surface area contributed by atoms with E-state index >= 15 is 0 Å². The molecule has 0 spiro atoms. The van der Waals surface area contributed by atoms with Crippen molar-refractivity contribution in [3.8, 4) is 0 Å². The number of hydrogen-bond donors (Lipinski definition) is 0. The fourth-order valence-corrected chi connectivity index (χ4v) is 1.67. The van der Waals surface area contributed by atoms with Crippen molar-refractivity contribution < 1.29 is 0 Å². The summed E-state index contributed by atoms with van der Waals surface area (Å²) in [6.45, 7) is 2.13. The Bertz CT molecular complexity index is 360. The first-order chi connectivity index (χ1) is 7.24. The van der Waals surface area contributed by atoms with Crippen LogP contribution in [0.2, 0.25) is 0 Å². The van der Waals surface area contributed by atoms with Crippen molar-refractivity contribution in [3.05, 3.63) is 44.7 Å². The fourth-order valence-electron chi connectivity index (χ4n) is 1.26. The van der Waals surface area contributed by atoms with Gasteiger partial charge in [-0.25, -0.2) is 0 Å². The number of benzene rings is 1. The van der Waals surface area contributed by atoms with Gasteiger partial charge < -0.3 is 4.90 Å². The molecule has 15 heavy (non-hydrogen) atoms. The van der Waals surface area contributed by atoms with Crippen LogP contribution in [-0.2, 0) is 6.54 Å². The number of halogens is 1. The normalized spacial score (nSPS) is 10.1. The summed E-state index contributed by atoms with van der Waals surface area (Å²) < 4.78 is 1.11. The molecule has 1 rings (SSSR count). The van der Waals surface area contributed by atoms with Crippen LogP contribution in [-0.4, -0.2) is 25.0 Å². The van der Waals surface area contributed by atoms with Crippen LogP contribution in [0.5, 0.6) is 0 Å². The molecule has 0 saturated carbocycles. The summed E-state index contributed by atoms with van der Waals surface area (Å²) >= 11 is 3.50. The van der Waals surface area contributed by atoms with E-state index < -0.39 is 0 Å². The van der Waals surface area contributed by atoms with Crippen LogP contribution in [0, 0.1) is 0 Å². The first-order valence-corrected chi connectivity index (χ1v) is 5.46. The monoisotopic (exact) mass is 268 g/mol. The molecule has 1 aromatic carbocycles. The highest BCUT2D eigenvalue weighted by atomic mass is 79.9. The first-order valence-electron chi connectivity index (χ1n) is 4.67. The predicted molar refractivity (Wildman–Crippen MR) is 64.5 cm³/mol. The second kappa shape index (κ2) is 6.45. The topological polar surface area (TPSA) is 52.0 Å². The standard InChI is InChI=1S/C10H13BrN4/c1-15(7-6-13-14-12)8-9-4-2-3-5-10(9)11/h2-5H,6-8H2,1H3. The molecule has 0 aliphatic carbocycles. The van der Waals surface area contributed by atoms with E-state index in [9.17, 15) is 0 Å². The molecule has 0 aromatic heterocycles. The van der Waals surface area contributed by atoms with Gasteiger partial charge in [0.1, 0.15) is 0 Å². The van der Waals surface area contributed by atoms with Crippen molar-refractivity contribution in [1.29, 1.82) is 0 Å². The minimum absolute atomic E-state index is 0.511. The van der Waals surface area contributed by atoms with E-state index in [1.165, 1.54) is 5.56 Å². The molecule has 0 saturated heterocycles. The van der Waals surface area contributed by atoms with Crippen LogP contribution in [0.1, 0.15) is 5.56 Å². The van der Waals surface area contributed by atoms with Crippen molar-refractivity contribution in [2.45, 2.75) is 6.54 Å². The van der Waals surface area contributed by atoms with Gasteiger partial charge in [0.2, 0.25) is 0 Å². The molecule has 80 valence electrons. The Balaban J connectivity index is 2.47. The number of azide groups is 1. The van der Waals surface area contributed by atoms with E-state index in [0.717, 1.165) is 17.6 Å². The Morgan fingerprint density at radius 3 is 2.87 bits per heavy atom. The molecule has 1 aromatic rings. The lowest BCUT2D eigenvalue weighted by molar-refractivity contribution is 0.335. The van der Waals surface area contributed by atoms with Gasteiger partial charge in [-0.15, -0.1) is 0 Å². The molecule has 0 bridgehead atoms. The smallest absolute Gasteiger partial charge is 0.0385 e. The van der Waals surface area contributed by atoms with Crippen LogP contribution in [0.4, 0.5) is 0 Å². The van der Waals surface area contributed by atoms with Crippen molar-refractivity contribution in [2.24, 2.45) is 5.11 Å². The molecule has 0 fully saturated rings.